The summed E-state index contributed by atoms with van der Waals surface area (Å²) >= 11 is 0. The van der Waals surface area contributed by atoms with Crippen LogP contribution in [0.5, 0.6) is 0 Å². The van der Waals surface area contributed by atoms with E-state index >= 15 is 0 Å². The fraction of sp³-hybridized carbons (Fsp3) is 0.389. The molecule has 0 heteroatoms. The van der Waals surface area contributed by atoms with E-state index in [2.05, 4.69) is 93.6 Å². The molecule has 0 radical (unpaired) electrons. The maximum Gasteiger partial charge on any atom is 0.0159 e. The smallest absolute Gasteiger partial charge is 0.0159 e. The molecule has 0 aromatic heterocycles. The van der Waals surface area contributed by atoms with Gasteiger partial charge in [-0.2, -0.15) is 0 Å². The molecule has 5 aliphatic carbocycles. The molecular formula is C36H36. The maximum absolute atomic E-state index is 2.56. The van der Waals surface area contributed by atoms with E-state index in [-0.39, 0.29) is 5.41 Å². The normalized spacial score (nSPS) is 28.9. The van der Waals surface area contributed by atoms with Crippen LogP contribution >= 0.6 is 0 Å². The third kappa shape index (κ3) is 2.77. The Morgan fingerprint density at radius 1 is 0.583 bits per heavy atom. The van der Waals surface area contributed by atoms with Gasteiger partial charge in [0.2, 0.25) is 0 Å². The van der Waals surface area contributed by atoms with Crippen LogP contribution in [0.4, 0.5) is 0 Å². The molecule has 0 nitrogen and oxygen atoms in total. The zero-order valence-corrected chi connectivity index (χ0v) is 21.9. The van der Waals surface area contributed by atoms with Crippen LogP contribution in [0.2, 0.25) is 0 Å². The predicted molar refractivity (Wildman–Crippen MR) is 152 cm³/mol. The lowest BCUT2D eigenvalue weighted by Gasteiger charge is -2.57. The van der Waals surface area contributed by atoms with Gasteiger partial charge >= 0.3 is 0 Å². The minimum absolute atomic E-state index is 0.0294. The highest BCUT2D eigenvalue weighted by Crippen LogP contribution is 2.62. The molecule has 0 atom stereocenters. The van der Waals surface area contributed by atoms with E-state index in [1.165, 1.54) is 88.2 Å². The Kier molecular flexibility index (Phi) is 4.20. The zero-order valence-electron chi connectivity index (χ0n) is 21.9. The van der Waals surface area contributed by atoms with E-state index in [9.17, 15) is 0 Å². The first-order chi connectivity index (χ1) is 17.4. The number of aryl methyl sites for hydroxylation is 1. The average Bonchev–Trinajstić information content (AvgIpc) is 3.09. The van der Waals surface area contributed by atoms with Gasteiger partial charge in [-0.3, -0.25) is 0 Å². The predicted octanol–water partition coefficient (Wildman–Crippen LogP) is 9.59. The van der Waals surface area contributed by atoms with Crippen molar-refractivity contribution in [1.29, 1.82) is 0 Å². The number of fused-ring (bicyclic) bond motifs is 4. The van der Waals surface area contributed by atoms with Crippen LogP contribution in [0.1, 0.15) is 74.6 Å². The Morgan fingerprint density at radius 2 is 1.22 bits per heavy atom. The number of rotatable bonds is 2. The minimum atomic E-state index is 0.0294. The molecule has 0 saturated heterocycles. The van der Waals surface area contributed by atoms with Crippen molar-refractivity contribution in [1.82, 2.24) is 0 Å². The highest BCUT2D eigenvalue weighted by molar-refractivity contribution is 6.04. The van der Waals surface area contributed by atoms with E-state index in [4.69, 9.17) is 0 Å². The van der Waals surface area contributed by atoms with Crippen LogP contribution in [0.15, 0.2) is 72.8 Å². The number of benzene rings is 4. The first-order valence-corrected chi connectivity index (χ1v) is 14.2. The van der Waals surface area contributed by atoms with Crippen LogP contribution in [-0.4, -0.2) is 0 Å². The van der Waals surface area contributed by atoms with Crippen LogP contribution in [0.3, 0.4) is 0 Å². The first kappa shape index (κ1) is 21.2. The highest BCUT2D eigenvalue weighted by Gasteiger charge is 2.52. The summed E-state index contributed by atoms with van der Waals surface area (Å²) < 4.78 is 0. The summed E-state index contributed by atoms with van der Waals surface area (Å²) in [6.07, 6.45) is 8.76. The van der Waals surface area contributed by atoms with Gasteiger partial charge in [0.1, 0.15) is 0 Å². The Labute approximate surface area is 215 Å². The molecule has 4 fully saturated rings. The summed E-state index contributed by atoms with van der Waals surface area (Å²) in [6.45, 7) is 7.07. The molecule has 0 spiro atoms. The molecule has 0 heterocycles. The van der Waals surface area contributed by atoms with E-state index in [0.29, 0.717) is 5.41 Å². The fourth-order valence-corrected chi connectivity index (χ4v) is 9.61. The Balaban J connectivity index is 1.38. The van der Waals surface area contributed by atoms with Crippen LogP contribution in [0, 0.1) is 24.7 Å². The fourth-order valence-electron chi connectivity index (χ4n) is 9.61. The zero-order chi connectivity index (χ0) is 24.2. The summed E-state index contributed by atoms with van der Waals surface area (Å²) in [5, 5.41) is 2.96. The average molecular weight is 469 g/mol. The molecule has 0 N–H and O–H groups in total. The van der Waals surface area contributed by atoms with Crippen molar-refractivity contribution in [2.45, 2.75) is 70.1 Å². The van der Waals surface area contributed by atoms with Gasteiger partial charge in [-0.05, 0) is 118 Å². The summed E-state index contributed by atoms with van der Waals surface area (Å²) in [5.41, 5.74) is 12.1. The summed E-state index contributed by atoms with van der Waals surface area (Å²) in [7, 11) is 0. The van der Waals surface area contributed by atoms with Gasteiger partial charge in [-0.15, -0.1) is 0 Å². The first-order valence-electron chi connectivity index (χ1n) is 14.2. The monoisotopic (exact) mass is 468 g/mol. The molecule has 5 aliphatic rings. The number of hydrogen-bond acceptors (Lipinski definition) is 0. The van der Waals surface area contributed by atoms with Crippen LogP contribution in [-0.2, 0) is 10.8 Å². The summed E-state index contributed by atoms with van der Waals surface area (Å²) in [6, 6.07) is 28.4. The second kappa shape index (κ2) is 7.12. The van der Waals surface area contributed by atoms with E-state index in [1.54, 1.807) is 5.56 Å². The lowest BCUT2D eigenvalue weighted by molar-refractivity contribution is -0.00449. The van der Waals surface area contributed by atoms with Gasteiger partial charge in [0.15, 0.2) is 0 Å². The molecule has 0 aliphatic heterocycles. The molecule has 4 bridgehead atoms. The highest BCUT2D eigenvalue weighted by atomic mass is 14.6. The third-order valence-electron chi connectivity index (χ3n) is 10.6. The van der Waals surface area contributed by atoms with Crippen molar-refractivity contribution in [3.63, 3.8) is 0 Å². The SMILES string of the molecule is Cc1cc(-c2ccc(C34CC5CC(CC(C5)C3)C4)c3ccccc23)c2c(c1)C(C)(C)c1ccccc1-2. The molecule has 180 valence electrons. The molecule has 9 rings (SSSR count). The van der Waals surface area contributed by atoms with E-state index in [0.717, 1.165) is 17.8 Å². The van der Waals surface area contributed by atoms with Crippen LogP contribution < -0.4 is 0 Å². The van der Waals surface area contributed by atoms with E-state index < -0.39 is 0 Å². The van der Waals surface area contributed by atoms with Crippen molar-refractivity contribution in [2.75, 3.05) is 0 Å². The molecule has 4 aromatic rings. The molecule has 0 unspecified atom stereocenters. The van der Waals surface area contributed by atoms with Gasteiger partial charge in [0.05, 0.1) is 0 Å². The topological polar surface area (TPSA) is 0 Å². The minimum Gasteiger partial charge on any atom is -0.0619 e. The van der Waals surface area contributed by atoms with Crippen LogP contribution in [0.25, 0.3) is 33.0 Å². The van der Waals surface area contributed by atoms with Crippen molar-refractivity contribution in [3.05, 3.63) is 95.1 Å². The Hall–Kier alpha value is -2.86. The summed E-state index contributed by atoms with van der Waals surface area (Å²) in [5.74, 6) is 2.90. The van der Waals surface area contributed by atoms with Crippen molar-refractivity contribution < 1.29 is 0 Å². The lowest BCUT2D eigenvalue weighted by atomic mass is 9.47. The molecule has 4 saturated carbocycles. The molecule has 36 heavy (non-hydrogen) atoms. The molecule has 4 aromatic carbocycles. The maximum atomic E-state index is 2.56. The van der Waals surface area contributed by atoms with Crippen molar-refractivity contribution in [3.8, 4) is 22.3 Å². The van der Waals surface area contributed by atoms with Gasteiger partial charge in [-0.25, -0.2) is 0 Å². The van der Waals surface area contributed by atoms with E-state index in [1.807, 2.05) is 0 Å². The standard InChI is InChI=1S/C36H36/c1-22-14-30(34-29-10-6-7-11-31(29)35(2,3)33(34)15-22)27-12-13-32(28-9-5-4-8-26(27)28)36-19-23-16-24(20-36)18-25(17-23)21-36/h4-15,23-25H,16-21H2,1-3H3. The van der Waals surface area contributed by atoms with Gasteiger partial charge in [0, 0.05) is 5.41 Å². The van der Waals surface area contributed by atoms with Gasteiger partial charge < -0.3 is 0 Å². The van der Waals surface area contributed by atoms with Crippen molar-refractivity contribution >= 4 is 10.8 Å². The largest absolute Gasteiger partial charge is 0.0619 e. The van der Waals surface area contributed by atoms with Gasteiger partial charge in [-0.1, -0.05) is 92.2 Å². The second-order valence-corrected chi connectivity index (χ2v) is 13.3. The lowest BCUT2D eigenvalue weighted by Crippen LogP contribution is -2.48. The quantitative estimate of drug-likeness (QED) is 0.275. The Morgan fingerprint density at radius 3 is 1.94 bits per heavy atom. The second-order valence-electron chi connectivity index (χ2n) is 13.3. The molecular weight excluding hydrogens is 432 g/mol. The molecule has 0 amide bonds. The van der Waals surface area contributed by atoms with Gasteiger partial charge in [0.25, 0.3) is 0 Å². The summed E-state index contributed by atoms with van der Waals surface area (Å²) in [4.78, 5) is 0. The number of hydrogen-bond donors (Lipinski definition) is 0. The third-order valence-corrected chi connectivity index (χ3v) is 10.6. The van der Waals surface area contributed by atoms with Crippen molar-refractivity contribution in [2.24, 2.45) is 17.8 Å². The Bertz CT molecular complexity index is 1510.